The average Bonchev–Trinajstić information content (AvgIpc) is 3.65. The quantitative estimate of drug-likeness (QED) is 0.188. The first-order valence-corrected chi connectivity index (χ1v) is 14.7. The summed E-state index contributed by atoms with van der Waals surface area (Å²) in [5, 5.41) is 4.13. The third-order valence-corrected chi connectivity index (χ3v) is 10.4. The highest BCUT2D eigenvalue weighted by Crippen LogP contribution is 2.33. The van der Waals surface area contributed by atoms with Crippen LogP contribution in [0.2, 0.25) is 0 Å². The molecule has 5 aromatic rings. The molecule has 0 atom stereocenters. The van der Waals surface area contributed by atoms with Gasteiger partial charge in [0.2, 0.25) is 0 Å². The molecule has 0 amide bonds. The molecule has 0 fully saturated rings. The van der Waals surface area contributed by atoms with E-state index < -0.39 is 0 Å². The smallest absolute Gasteiger partial charge is 0.0645 e. The molecule has 34 heavy (non-hydrogen) atoms. The molecule has 8 heteroatoms. The maximum absolute atomic E-state index is 3.85. The second-order valence-electron chi connectivity index (χ2n) is 7.84. The van der Waals surface area contributed by atoms with Crippen molar-refractivity contribution in [3.63, 3.8) is 0 Å². The summed E-state index contributed by atoms with van der Waals surface area (Å²) in [5.41, 5.74) is 4.36. The maximum atomic E-state index is 3.85. The highest BCUT2D eigenvalue weighted by Gasteiger charge is 2.14. The van der Waals surface area contributed by atoms with Crippen molar-refractivity contribution < 1.29 is 0 Å². The normalized spacial score (nSPS) is 13.6. The van der Waals surface area contributed by atoms with Gasteiger partial charge in [-0.2, -0.15) is 0 Å². The predicted octanol–water partition coefficient (Wildman–Crippen LogP) is 5.55. The fourth-order valence-electron chi connectivity index (χ4n) is 4.03. The molecule has 0 saturated carbocycles. The van der Waals surface area contributed by atoms with E-state index in [1.54, 1.807) is 11.3 Å². The molecule has 0 aliphatic carbocycles. The summed E-state index contributed by atoms with van der Waals surface area (Å²) < 4.78 is 4.22. The van der Waals surface area contributed by atoms with Gasteiger partial charge in [-0.25, -0.2) is 0 Å². The van der Waals surface area contributed by atoms with Crippen LogP contribution < -0.4 is 21.4 Å². The van der Waals surface area contributed by atoms with Gasteiger partial charge in [0.1, 0.15) is 0 Å². The average molecular weight is 768 g/mol. The summed E-state index contributed by atoms with van der Waals surface area (Å²) in [6, 6.07) is 25.7. The van der Waals surface area contributed by atoms with E-state index in [0.29, 0.717) is 0 Å². The summed E-state index contributed by atoms with van der Waals surface area (Å²) in [4.78, 5) is 13.1. The number of H-pyrrole nitrogens is 3. The Morgan fingerprint density at radius 3 is 1.71 bits per heavy atom. The Bertz CT molecular complexity index is 1800. The van der Waals surface area contributed by atoms with Gasteiger partial charge in [0.05, 0.1) is 40.9 Å². The van der Waals surface area contributed by atoms with E-state index in [1.165, 1.54) is 19.6 Å². The lowest BCUT2D eigenvalue weighted by Crippen LogP contribution is -2.15. The molecular formula is C26H15Br3IN3S. The number of hydrogen-bond donors (Lipinski definition) is 3. The van der Waals surface area contributed by atoms with E-state index in [2.05, 4.69) is 158 Å². The molecule has 0 unspecified atom stereocenters. The van der Waals surface area contributed by atoms with Crippen molar-refractivity contribution in [3.05, 3.63) is 124 Å². The molecule has 1 aromatic carbocycles. The van der Waals surface area contributed by atoms with Gasteiger partial charge < -0.3 is 15.0 Å². The number of aromatic amines is 3. The van der Waals surface area contributed by atoms with Crippen LogP contribution in [0.1, 0.15) is 26.7 Å². The monoisotopic (exact) mass is 765 g/mol. The van der Waals surface area contributed by atoms with E-state index in [4.69, 9.17) is 0 Å². The zero-order valence-electron chi connectivity index (χ0n) is 17.3. The number of benzene rings is 1. The Hall–Kier alpha value is -1.59. The van der Waals surface area contributed by atoms with Crippen molar-refractivity contribution >= 4 is 101 Å². The molecular weight excluding hydrogens is 753 g/mol. The summed E-state index contributed by atoms with van der Waals surface area (Å²) in [6.07, 6.45) is 0. The van der Waals surface area contributed by atoms with Gasteiger partial charge in [-0.15, -0.1) is 11.3 Å². The standard InChI is InChI=1S/C26H15Br3IN3S/c27-24-16-6-5-15(31-16)23(13-1-3-14(30)4-2-13)21-11-12-22(34-21)26(29)20-10-9-19(33-20)25(28)18-8-7-17(24)32-18/h1-12,31-33H. The van der Waals surface area contributed by atoms with Gasteiger partial charge in [-0.05, 0) is 137 Å². The highest BCUT2D eigenvalue weighted by atomic mass is 127. The van der Waals surface area contributed by atoms with Crippen molar-refractivity contribution in [1.29, 1.82) is 0 Å². The van der Waals surface area contributed by atoms with Gasteiger partial charge >= 0.3 is 0 Å². The molecule has 8 bridgehead atoms. The van der Waals surface area contributed by atoms with Crippen LogP contribution in [0.5, 0.6) is 0 Å². The zero-order chi connectivity index (χ0) is 23.4. The van der Waals surface area contributed by atoms with Crippen LogP contribution in [0.3, 0.4) is 0 Å². The van der Waals surface area contributed by atoms with Crippen molar-refractivity contribution in [3.8, 4) is 0 Å². The molecule has 4 aromatic heterocycles. The lowest BCUT2D eigenvalue weighted by atomic mass is 10.0. The highest BCUT2D eigenvalue weighted by molar-refractivity contribution is 14.1. The number of fused-ring (bicyclic) bond motifs is 8. The van der Waals surface area contributed by atoms with Gasteiger partial charge in [-0.1, -0.05) is 12.1 Å². The zero-order valence-corrected chi connectivity index (χ0v) is 25.1. The predicted molar refractivity (Wildman–Crippen MR) is 160 cm³/mol. The Morgan fingerprint density at radius 2 is 1.06 bits per heavy atom. The summed E-state index contributed by atoms with van der Waals surface area (Å²) in [5.74, 6) is 0. The van der Waals surface area contributed by atoms with Crippen LogP contribution in [0.25, 0.3) is 19.0 Å². The van der Waals surface area contributed by atoms with Crippen LogP contribution in [-0.2, 0) is 0 Å². The van der Waals surface area contributed by atoms with Gasteiger partial charge in [0.25, 0.3) is 0 Å². The van der Waals surface area contributed by atoms with Crippen molar-refractivity contribution in [2.75, 3.05) is 0 Å². The first kappa shape index (κ1) is 22.8. The molecule has 168 valence electrons. The summed E-state index contributed by atoms with van der Waals surface area (Å²) >= 11 is 15.6. The second-order valence-corrected chi connectivity index (χ2v) is 12.6. The van der Waals surface area contributed by atoms with Crippen molar-refractivity contribution in [1.82, 2.24) is 15.0 Å². The lowest BCUT2D eigenvalue weighted by Gasteiger charge is -2.06. The molecule has 5 heterocycles. The van der Waals surface area contributed by atoms with Gasteiger partial charge in [0, 0.05) is 24.2 Å². The van der Waals surface area contributed by atoms with Crippen molar-refractivity contribution in [2.24, 2.45) is 0 Å². The van der Waals surface area contributed by atoms with Crippen LogP contribution >= 0.6 is 81.7 Å². The summed E-state index contributed by atoms with van der Waals surface area (Å²) in [6.45, 7) is 0. The Balaban J connectivity index is 1.73. The van der Waals surface area contributed by atoms with Crippen LogP contribution in [-0.4, -0.2) is 15.0 Å². The number of aromatic nitrogens is 3. The lowest BCUT2D eigenvalue weighted by molar-refractivity contribution is 1.23. The number of halogens is 4. The summed E-state index contributed by atoms with van der Waals surface area (Å²) in [7, 11) is 0. The van der Waals surface area contributed by atoms with Crippen LogP contribution in [0.4, 0.5) is 0 Å². The largest absolute Gasteiger partial charge is 0.354 e. The number of rotatable bonds is 1. The first-order chi connectivity index (χ1) is 16.5. The first-order valence-electron chi connectivity index (χ1n) is 10.4. The minimum Gasteiger partial charge on any atom is -0.354 e. The Labute approximate surface area is 237 Å². The van der Waals surface area contributed by atoms with Crippen LogP contribution in [0, 0.1) is 3.57 Å². The molecule has 0 saturated heterocycles. The van der Waals surface area contributed by atoms with E-state index in [1.807, 2.05) is 0 Å². The minimum atomic E-state index is 0.978. The van der Waals surface area contributed by atoms with E-state index in [0.717, 1.165) is 51.1 Å². The topological polar surface area (TPSA) is 47.4 Å². The molecule has 0 radical (unpaired) electrons. The second kappa shape index (κ2) is 9.13. The fourth-order valence-corrected chi connectivity index (χ4v) is 6.96. The van der Waals surface area contributed by atoms with Gasteiger partial charge in [0.15, 0.2) is 0 Å². The molecule has 0 spiro atoms. The fraction of sp³-hybridized carbons (Fsp3) is 0. The van der Waals surface area contributed by atoms with Crippen molar-refractivity contribution in [2.45, 2.75) is 0 Å². The number of thiophene rings is 1. The van der Waals surface area contributed by atoms with Gasteiger partial charge in [-0.3, -0.25) is 0 Å². The van der Waals surface area contributed by atoms with Crippen LogP contribution in [0.15, 0.2) is 72.8 Å². The molecule has 3 N–H and O–H groups in total. The van der Waals surface area contributed by atoms with E-state index in [9.17, 15) is 0 Å². The molecule has 1 aliphatic rings. The number of hydrogen-bond acceptors (Lipinski definition) is 1. The SMILES string of the molecule is BrC1=c2ccc([nH]2)=C(Br)c2ccc(s2)C(c2ccc(I)cc2)=c2ccc([nH]2)=C(Br)c2ccc1[nH]2. The Morgan fingerprint density at radius 1 is 0.529 bits per heavy atom. The molecule has 3 nitrogen and oxygen atoms in total. The third kappa shape index (κ3) is 4.07. The minimum absolute atomic E-state index is 0.978. The third-order valence-electron chi connectivity index (χ3n) is 5.71. The molecule has 6 rings (SSSR count). The van der Waals surface area contributed by atoms with E-state index >= 15 is 0 Å². The molecule has 1 aliphatic heterocycles. The number of nitrogens with one attached hydrogen (secondary N) is 3. The van der Waals surface area contributed by atoms with E-state index in [-0.39, 0.29) is 0 Å². The maximum Gasteiger partial charge on any atom is 0.0645 e. The Kier molecular flexibility index (Phi) is 6.13.